The highest BCUT2D eigenvalue weighted by Gasteiger charge is 2.25. The molecule has 3 aromatic carbocycles. The summed E-state index contributed by atoms with van der Waals surface area (Å²) in [6.45, 7) is 0. The number of para-hydroxylation sites is 2. The summed E-state index contributed by atoms with van der Waals surface area (Å²) in [7, 11) is -3.54. The molecule has 0 saturated heterocycles. The SMILES string of the molecule is O=C(Nc1ccc(Br)cc1)NP(=O)(Nc1ccccc1)Nc1ccccc1. The van der Waals surface area contributed by atoms with Gasteiger partial charge in [0.15, 0.2) is 0 Å². The van der Waals surface area contributed by atoms with Gasteiger partial charge in [-0.2, -0.15) is 0 Å². The van der Waals surface area contributed by atoms with Crippen molar-refractivity contribution < 1.29 is 9.36 Å². The Balaban J connectivity index is 1.77. The van der Waals surface area contributed by atoms with Crippen molar-refractivity contribution in [2.75, 3.05) is 15.5 Å². The monoisotopic (exact) mass is 444 g/mol. The predicted molar refractivity (Wildman–Crippen MR) is 114 cm³/mol. The number of nitrogens with one attached hydrogen (secondary N) is 4. The van der Waals surface area contributed by atoms with E-state index in [0.29, 0.717) is 17.1 Å². The van der Waals surface area contributed by atoms with Crippen molar-refractivity contribution >= 4 is 46.6 Å². The van der Waals surface area contributed by atoms with Crippen LogP contribution in [0.3, 0.4) is 0 Å². The van der Waals surface area contributed by atoms with Crippen molar-refractivity contribution in [3.05, 3.63) is 89.4 Å². The molecular formula is C19H18BrN4O2P. The van der Waals surface area contributed by atoms with Crippen LogP contribution in [0.15, 0.2) is 89.4 Å². The number of benzene rings is 3. The van der Waals surface area contributed by atoms with Crippen LogP contribution in [0.2, 0.25) is 0 Å². The van der Waals surface area contributed by atoms with Gasteiger partial charge in [-0.05, 0) is 48.5 Å². The number of urea groups is 1. The van der Waals surface area contributed by atoms with Gasteiger partial charge in [-0.1, -0.05) is 52.3 Å². The zero-order valence-electron chi connectivity index (χ0n) is 14.2. The molecule has 0 aliphatic rings. The van der Waals surface area contributed by atoms with E-state index in [1.54, 1.807) is 48.5 Å². The molecule has 0 radical (unpaired) electrons. The largest absolute Gasteiger partial charge is 0.356 e. The number of hydrogen-bond donors (Lipinski definition) is 4. The first-order valence-corrected chi connectivity index (χ1v) is 10.6. The molecule has 0 bridgehead atoms. The standard InChI is InChI=1S/C19H18BrN4O2P/c20-15-11-13-16(14-12-15)21-19(25)24-27(26,22-17-7-3-1-4-8-17)23-18-9-5-2-6-10-18/h1-14H,(H4,21,22,23,24,25,26). The molecule has 0 aliphatic carbocycles. The van der Waals surface area contributed by atoms with E-state index in [4.69, 9.17) is 0 Å². The number of halogens is 1. The maximum Gasteiger partial charge on any atom is 0.356 e. The Labute approximate surface area is 166 Å². The Hall–Kier alpha value is -2.76. The fourth-order valence-corrected chi connectivity index (χ4v) is 4.11. The van der Waals surface area contributed by atoms with E-state index in [-0.39, 0.29) is 0 Å². The first-order chi connectivity index (χ1) is 13.0. The molecule has 0 fully saturated rings. The molecule has 0 heterocycles. The van der Waals surface area contributed by atoms with Crippen molar-refractivity contribution in [3.63, 3.8) is 0 Å². The van der Waals surface area contributed by atoms with Gasteiger partial charge < -0.3 is 15.5 Å². The number of carbonyl (C=O) groups excluding carboxylic acids is 1. The van der Waals surface area contributed by atoms with Crippen LogP contribution in [0.5, 0.6) is 0 Å². The highest BCUT2D eigenvalue weighted by atomic mass is 79.9. The molecule has 0 saturated carbocycles. The average Bonchev–Trinajstić information content (AvgIpc) is 2.65. The number of carbonyl (C=O) groups is 1. The second-order valence-electron chi connectivity index (χ2n) is 5.64. The van der Waals surface area contributed by atoms with Gasteiger partial charge in [-0.3, -0.25) is 9.65 Å². The molecule has 0 aliphatic heterocycles. The molecule has 0 aromatic heterocycles. The highest BCUT2D eigenvalue weighted by Crippen LogP contribution is 2.41. The Morgan fingerprint density at radius 3 is 1.67 bits per heavy atom. The van der Waals surface area contributed by atoms with Gasteiger partial charge >= 0.3 is 13.6 Å². The number of anilines is 3. The molecule has 0 spiro atoms. The van der Waals surface area contributed by atoms with Gasteiger partial charge in [-0.15, -0.1) is 0 Å². The van der Waals surface area contributed by atoms with E-state index in [1.165, 1.54) is 0 Å². The minimum atomic E-state index is -3.54. The second-order valence-corrected chi connectivity index (χ2v) is 8.44. The van der Waals surface area contributed by atoms with E-state index >= 15 is 0 Å². The lowest BCUT2D eigenvalue weighted by molar-refractivity contribution is 0.256. The predicted octanol–water partition coefficient (Wildman–Crippen LogP) is 5.90. The lowest BCUT2D eigenvalue weighted by Gasteiger charge is -2.23. The molecule has 3 rings (SSSR count). The fourth-order valence-electron chi connectivity index (χ4n) is 2.31. The molecular weight excluding hydrogens is 427 g/mol. The lowest BCUT2D eigenvalue weighted by Crippen LogP contribution is -2.31. The normalized spacial score (nSPS) is 10.7. The van der Waals surface area contributed by atoms with Crippen LogP contribution in [-0.2, 0) is 4.57 Å². The zero-order valence-corrected chi connectivity index (χ0v) is 16.7. The first kappa shape index (κ1) is 19.0. The van der Waals surface area contributed by atoms with Crippen LogP contribution in [-0.4, -0.2) is 6.03 Å². The van der Waals surface area contributed by atoms with E-state index in [1.807, 2.05) is 36.4 Å². The van der Waals surface area contributed by atoms with Crippen LogP contribution >= 0.6 is 23.5 Å². The topological polar surface area (TPSA) is 82.3 Å². The third kappa shape index (κ3) is 5.88. The number of rotatable bonds is 6. The summed E-state index contributed by atoms with van der Waals surface area (Å²) in [4.78, 5) is 12.4. The summed E-state index contributed by atoms with van der Waals surface area (Å²) in [5, 5.41) is 11.0. The third-order valence-corrected chi connectivity index (χ3v) is 5.67. The summed E-state index contributed by atoms with van der Waals surface area (Å²) >= 11 is 3.34. The van der Waals surface area contributed by atoms with E-state index < -0.39 is 13.6 Å². The molecule has 4 N–H and O–H groups in total. The number of hydrogen-bond acceptors (Lipinski definition) is 2. The van der Waals surface area contributed by atoms with Gasteiger partial charge in [-0.25, -0.2) is 4.79 Å². The van der Waals surface area contributed by atoms with Crippen LogP contribution < -0.4 is 20.6 Å². The van der Waals surface area contributed by atoms with Gasteiger partial charge in [0.05, 0.1) is 0 Å². The highest BCUT2D eigenvalue weighted by molar-refractivity contribution is 9.10. The molecule has 138 valence electrons. The Morgan fingerprint density at radius 1 is 0.704 bits per heavy atom. The Kier molecular flexibility index (Phi) is 6.16. The molecule has 6 nitrogen and oxygen atoms in total. The van der Waals surface area contributed by atoms with Gasteiger partial charge in [0.2, 0.25) is 0 Å². The maximum absolute atomic E-state index is 13.4. The maximum atomic E-state index is 13.4. The van der Waals surface area contributed by atoms with E-state index in [0.717, 1.165) is 4.47 Å². The van der Waals surface area contributed by atoms with Crippen LogP contribution in [0, 0.1) is 0 Å². The van der Waals surface area contributed by atoms with E-state index in [2.05, 4.69) is 36.5 Å². The summed E-state index contributed by atoms with van der Waals surface area (Å²) in [6, 6.07) is 24.6. The van der Waals surface area contributed by atoms with Crippen molar-refractivity contribution in [2.45, 2.75) is 0 Å². The van der Waals surface area contributed by atoms with Crippen LogP contribution in [0.25, 0.3) is 0 Å². The van der Waals surface area contributed by atoms with Gasteiger partial charge in [0.25, 0.3) is 0 Å². The van der Waals surface area contributed by atoms with E-state index in [9.17, 15) is 9.36 Å². The van der Waals surface area contributed by atoms with Crippen molar-refractivity contribution in [3.8, 4) is 0 Å². The second kappa shape index (κ2) is 8.75. The summed E-state index contributed by atoms with van der Waals surface area (Å²) in [5.74, 6) is 0. The Morgan fingerprint density at radius 2 is 1.19 bits per heavy atom. The summed E-state index contributed by atoms with van der Waals surface area (Å²) < 4.78 is 14.3. The van der Waals surface area contributed by atoms with Crippen molar-refractivity contribution in [2.24, 2.45) is 0 Å². The minimum absolute atomic E-state index is 0.585. The fraction of sp³-hybridized carbons (Fsp3) is 0. The molecule has 8 heteroatoms. The first-order valence-electron chi connectivity index (χ1n) is 8.14. The molecule has 0 unspecified atom stereocenters. The molecule has 0 atom stereocenters. The molecule has 2 amide bonds. The van der Waals surface area contributed by atoms with Gasteiger partial charge in [0.1, 0.15) is 0 Å². The van der Waals surface area contributed by atoms with Gasteiger partial charge in [0, 0.05) is 21.5 Å². The smallest absolute Gasteiger partial charge is 0.308 e. The lowest BCUT2D eigenvalue weighted by atomic mass is 10.3. The summed E-state index contributed by atoms with van der Waals surface area (Å²) in [6.07, 6.45) is 0. The van der Waals surface area contributed by atoms with Crippen LogP contribution in [0.1, 0.15) is 0 Å². The minimum Gasteiger partial charge on any atom is -0.308 e. The molecule has 3 aromatic rings. The van der Waals surface area contributed by atoms with Crippen molar-refractivity contribution in [1.82, 2.24) is 5.09 Å². The molecule has 27 heavy (non-hydrogen) atoms. The zero-order chi connectivity index (χ0) is 19.1. The summed E-state index contributed by atoms with van der Waals surface area (Å²) in [5.41, 5.74) is 1.82. The third-order valence-electron chi connectivity index (χ3n) is 3.48. The number of amides is 2. The quantitative estimate of drug-likeness (QED) is 0.356. The van der Waals surface area contributed by atoms with Crippen LogP contribution in [0.4, 0.5) is 21.9 Å². The average molecular weight is 445 g/mol. The van der Waals surface area contributed by atoms with Crippen molar-refractivity contribution in [1.29, 1.82) is 0 Å². The Bertz CT molecular complexity index is 891.